The molecule has 3 N–H and O–H groups in total. The van der Waals surface area contributed by atoms with E-state index in [4.69, 9.17) is 0 Å². The van der Waals surface area contributed by atoms with Gasteiger partial charge in [-0.05, 0) is 30.4 Å². The van der Waals surface area contributed by atoms with Crippen molar-refractivity contribution in [3.05, 3.63) is 44.2 Å². The molecule has 27 heavy (non-hydrogen) atoms. The van der Waals surface area contributed by atoms with Crippen molar-refractivity contribution in [2.75, 3.05) is 24.7 Å². The highest BCUT2D eigenvalue weighted by atomic mass is 16.3. The van der Waals surface area contributed by atoms with Crippen LogP contribution in [0.25, 0.3) is 0 Å². The molecular formula is C20H25N3O4. The maximum atomic E-state index is 12.2. The molecule has 1 atom stereocenters. The molecule has 1 amide bonds. The van der Waals surface area contributed by atoms with Gasteiger partial charge in [-0.25, -0.2) is 0 Å². The molecule has 7 nitrogen and oxygen atoms in total. The molecule has 3 rings (SSSR count). The number of anilines is 3. The lowest BCUT2D eigenvalue weighted by molar-refractivity contribution is 0.0824. The molecule has 0 aliphatic heterocycles. The smallest absolute Gasteiger partial charge is 0.257 e. The van der Waals surface area contributed by atoms with Crippen LogP contribution in [-0.4, -0.2) is 36.1 Å². The van der Waals surface area contributed by atoms with E-state index in [-0.39, 0.29) is 45.7 Å². The van der Waals surface area contributed by atoms with E-state index in [2.05, 4.69) is 24.5 Å². The minimum absolute atomic E-state index is 0.0389. The Morgan fingerprint density at radius 1 is 1.19 bits per heavy atom. The van der Waals surface area contributed by atoms with Gasteiger partial charge in [0.1, 0.15) is 11.4 Å². The third-order valence-electron chi connectivity index (χ3n) is 5.42. The summed E-state index contributed by atoms with van der Waals surface area (Å²) < 4.78 is 0. The molecule has 1 fully saturated rings. The number of phenolic OH excluding ortho intramolecular Hbond substituents is 1. The second-order valence-electron chi connectivity index (χ2n) is 8.01. The van der Waals surface area contributed by atoms with Crippen molar-refractivity contribution in [3.8, 4) is 5.75 Å². The first-order chi connectivity index (χ1) is 12.6. The lowest BCUT2D eigenvalue weighted by Crippen LogP contribution is -2.41. The monoisotopic (exact) mass is 371 g/mol. The third-order valence-corrected chi connectivity index (χ3v) is 5.42. The Hall–Kier alpha value is -2.83. The van der Waals surface area contributed by atoms with E-state index in [1.807, 2.05) is 0 Å². The summed E-state index contributed by atoms with van der Waals surface area (Å²) >= 11 is 0. The predicted octanol–water partition coefficient (Wildman–Crippen LogP) is 2.42. The molecular weight excluding hydrogens is 346 g/mol. The molecule has 2 aromatic rings. The quantitative estimate of drug-likeness (QED) is 0.551. The van der Waals surface area contributed by atoms with Crippen molar-refractivity contribution >= 4 is 23.0 Å². The molecule has 7 heteroatoms. The van der Waals surface area contributed by atoms with E-state index >= 15 is 0 Å². The van der Waals surface area contributed by atoms with Gasteiger partial charge < -0.3 is 20.6 Å². The van der Waals surface area contributed by atoms with Crippen LogP contribution in [-0.2, 0) is 0 Å². The largest absolute Gasteiger partial charge is 0.505 e. The van der Waals surface area contributed by atoms with Crippen molar-refractivity contribution in [2.45, 2.75) is 39.2 Å². The van der Waals surface area contributed by atoms with Gasteiger partial charge in [0.15, 0.2) is 5.75 Å². The first-order valence-electron chi connectivity index (χ1n) is 9.04. The molecule has 1 aliphatic carbocycles. The zero-order chi connectivity index (χ0) is 19.9. The SMILES string of the molecule is CN(C)C(=O)c1cccc(Nc2c(N[C@H]3CCCC3(C)C)c(=O)c2=O)c1O. The Kier molecular flexibility index (Phi) is 4.71. The van der Waals surface area contributed by atoms with Crippen LogP contribution in [0.3, 0.4) is 0 Å². The number of aromatic hydroxyl groups is 1. The van der Waals surface area contributed by atoms with Crippen LogP contribution < -0.4 is 21.5 Å². The second-order valence-corrected chi connectivity index (χ2v) is 8.01. The topological polar surface area (TPSA) is 98.7 Å². The molecule has 0 bridgehead atoms. The minimum Gasteiger partial charge on any atom is -0.505 e. The fraction of sp³-hybridized carbons (Fsp3) is 0.450. The Morgan fingerprint density at radius 2 is 1.85 bits per heavy atom. The standard InChI is InChI=1S/C20H25N3O4/c1-20(2)10-6-9-13(20)22-15-14(17(25)18(15)26)21-12-8-5-7-11(16(12)24)19(27)23(3)4/h5,7-8,13,21-22,24H,6,9-10H2,1-4H3/t13-/m0/s1. The van der Waals surface area contributed by atoms with Crippen molar-refractivity contribution < 1.29 is 9.90 Å². The minimum atomic E-state index is -0.628. The summed E-state index contributed by atoms with van der Waals surface area (Å²) in [5.41, 5.74) is -0.427. The van der Waals surface area contributed by atoms with Crippen molar-refractivity contribution in [2.24, 2.45) is 5.41 Å². The van der Waals surface area contributed by atoms with Gasteiger partial charge in [0, 0.05) is 20.1 Å². The fourth-order valence-corrected chi connectivity index (χ4v) is 3.61. The van der Waals surface area contributed by atoms with Gasteiger partial charge in [0.25, 0.3) is 16.8 Å². The molecule has 0 aromatic heterocycles. The molecule has 0 heterocycles. The van der Waals surface area contributed by atoms with Gasteiger partial charge in [-0.1, -0.05) is 26.3 Å². The number of rotatable bonds is 5. The average molecular weight is 371 g/mol. The van der Waals surface area contributed by atoms with E-state index in [0.29, 0.717) is 0 Å². The number of benzene rings is 1. The van der Waals surface area contributed by atoms with E-state index in [0.717, 1.165) is 19.3 Å². The summed E-state index contributed by atoms with van der Waals surface area (Å²) in [7, 11) is 3.17. The number of hydrogen-bond acceptors (Lipinski definition) is 6. The summed E-state index contributed by atoms with van der Waals surface area (Å²) in [5, 5.41) is 16.5. The van der Waals surface area contributed by atoms with E-state index < -0.39 is 10.9 Å². The number of nitrogens with one attached hydrogen (secondary N) is 2. The summed E-state index contributed by atoms with van der Waals surface area (Å²) in [4.78, 5) is 37.7. The maximum absolute atomic E-state index is 12.2. The molecule has 0 spiro atoms. The van der Waals surface area contributed by atoms with Gasteiger partial charge in [0.05, 0.1) is 11.3 Å². The Labute approximate surface area is 157 Å². The second kappa shape index (κ2) is 6.72. The summed E-state index contributed by atoms with van der Waals surface area (Å²) in [5.74, 6) is -0.608. The number of para-hydroxylation sites is 1. The van der Waals surface area contributed by atoms with Gasteiger partial charge in [-0.2, -0.15) is 0 Å². The van der Waals surface area contributed by atoms with Crippen LogP contribution >= 0.6 is 0 Å². The normalized spacial score (nSPS) is 18.4. The van der Waals surface area contributed by atoms with Crippen LogP contribution in [0.2, 0.25) is 0 Å². The Balaban J connectivity index is 1.89. The Morgan fingerprint density at radius 3 is 2.44 bits per heavy atom. The molecule has 144 valence electrons. The lowest BCUT2D eigenvalue weighted by atomic mass is 9.87. The van der Waals surface area contributed by atoms with E-state index in [1.165, 1.54) is 11.0 Å². The van der Waals surface area contributed by atoms with Crippen LogP contribution in [0, 0.1) is 5.41 Å². The number of amides is 1. The molecule has 1 aliphatic rings. The number of hydrogen-bond donors (Lipinski definition) is 3. The number of carbonyl (C=O) groups excluding carboxylic acids is 1. The molecule has 0 radical (unpaired) electrons. The van der Waals surface area contributed by atoms with Gasteiger partial charge in [0.2, 0.25) is 0 Å². The van der Waals surface area contributed by atoms with E-state index in [9.17, 15) is 19.5 Å². The zero-order valence-electron chi connectivity index (χ0n) is 16.0. The highest BCUT2D eigenvalue weighted by molar-refractivity contribution is 5.99. The zero-order valence-corrected chi connectivity index (χ0v) is 16.0. The summed E-state index contributed by atoms with van der Waals surface area (Å²) in [6, 6.07) is 4.78. The predicted molar refractivity (Wildman–Crippen MR) is 106 cm³/mol. The van der Waals surface area contributed by atoms with E-state index in [1.54, 1.807) is 26.2 Å². The third kappa shape index (κ3) is 3.29. The van der Waals surface area contributed by atoms with Crippen LogP contribution in [0.5, 0.6) is 5.75 Å². The first kappa shape index (κ1) is 18.9. The van der Waals surface area contributed by atoms with Gasteiger partial charge in [-0.3, -0.25) is 14.4 Å². The summed E-state index contributed by atoms with van der Waals surface area (Å²) in [6.07, 6.45) is 3.06. The molecule has 0 unspecified atom stereocenters. The van der Waals surface area contributed by atoms with Crippen LogP contribution in [0.4, 0.5) is 17.1 Å². The van der Waals surface area contributed by atoms with Crippen molar-refractivity contribution in [1.29, 1.82) is 0 Å². The maximum Gasteiger partial charge on any atom is 0.257 e. The number of nitrogens with zero attached hydrogens (tertiary/aromatic N) is 1. The Bertz CT molecular complexity index is 955. The van der Waals surface area contributed by atoms with Gasteiger partial charge in [-0.15, -0.1) is 0 Å². The molecule has 2 aromatic carbocycles. The summed E-state index contributed by atoms with van der Waals surface area (Å²) in [6.45, 7) is 4.27. The highest BCUT2D eigenvalue weighted by Crippen LogP contribution is 2.40. The average Bonchev–Trinajstić information content (AvgIpc) is 2.96. The molecule has 1 saturated carbocycles. The van der Waals surface area contributed by atoms with Crippen LogP contribution in [0.1, 0.15) is 43.5 Å². The van der Waals surface area contributed by atoms with Crippen molar-refractivity contribution in [1.82, 2.24) is 4.90 Å². The van der Waals surface area contributed by atoms with Gasteiger partial charge >= 0.3 is 0 Å². The fourth-order valence-electron chi connectivity index (χ4n) is 3.61. The number of phenols is 1. The molecule has 0 saturated heterocycles. The number of carbonyl (C=O) groups is 1. The first-order valence-corrected chi connectivity index (χ1v) is 9.04. The van der Waals surface area contributed by atoms with Crippen LogP contribution in [0.15, 0.2) is 27.8 Å². The highest BCUT2D eigenvalue weighted by Gasteiger charge is 2.36. The lowest BCUT2D eigenvalue weighted by Gasteiger charge is -2.30. The van der Waals surface area contributed by atoms with Crippen molar-refractivity contribution in [3.63, 3.8) is 0 Å².